The van der Waals surface area contributed by atoms with Gasteiger partial charge in [0.25, 0.3) is 0 Å². The Morgan fingerprint density at radius 2 is 2.39 bits per heavy atom. The molecule has 0 amide bonds. The molecule has 0 spiro atoms. The summed E-state index contributed by atoms with van der Waals surface area (Å²) in [5.41, 5.74) is 0.393. The predicted molar refractivity (Wildman–Crippen MR) is 67.0 cm³/mol. The largest absolute Gasteiger partial charge is 0.477 e. The molecule has 18 heavy (non-hydrogen) atoms. The molecule has 0 radical (unpaired) electrons. The maximum atomic E-state index is 11.1. The van der Waals surface area contributed by atoms with Gasteiger partial charge in [-0.05, 0) is 0 Å². The fourth-order valence-corrected chi connectivity index (χ4v) is 2.51. The average Bonchev–Trinajstić information content (AvgIpc) is 2.86. The van der Waals surface area contributed by atoms with Crippen LogP contribution in [0.5, 0.6) is 0 Å². The van der Waals surface area contributed by atoms with Gasteiger partial charge in [-0.15, -0.1) is 11.3 Å². The van der Waals surface area contributed by atoms with Crippen molar-refractivity contribution in [2.24, 2.45) is 7.05 Å². The molecule has 2 heterocycles. The zero-order chi connectivity index (χ0) is 13.3. The third-order valence-electron chi connectivity index (χ3n) is 2.30. The molecule has 8 heteroatoms. The van der Waals surface area contributed by atoms with E-state index in [-0.39, 0.29) is 11.5 Å². The lowest BCUT2D eigenvalue weighted by Crippen LogP contribution is -1.99. The standard InChI is InChI=1S/C10H10ClN3O3S/c1-14-6(11)3-12-8(14)9-13-5(4-17-2)7(18-9)10(15)16/h3H,4H2,1-2H3,(H,15,16). The highest BCUT2D eigenvalue weighted by Gasteiger charge is 2.20. The molecule has 0 unspecified atom stereocenters. The first-order valence-corrected chi connectivity index (χ1v) is 6.13. The molecule has 0 aromatic carbocycles. The van der Waals surface area contributed by atoms with Crippen LogP contribution in [0.15, 0.2) is 6.20 Å². The van der Waals surface area contributed by atoms with Crippen LogP contribution in [0.4, 0.5) is 0 Å². The molecule has 0 bridgehead atoms. The SMILES string of the molecule is COCc1nc(-c2ncc(Cl)n2C)sc1C(=O)O. The third kappa shape index (κ3) is 2.24. The molecule has 0 aliphatic rings. The van der Waals surface area contributed by atoms with Gasteiger partial charge >= 0.3 is 5.97 Å². The highest BCUT2D eigenvalue weighted by molar-refractivity contribution is 7.16. The highest BCUT2D eigenvalue weighted by Crippen LogP contribution is 2.29. The van der Waals surface area contributed by atoms with Gasteiger partial charge in [0, 0.05) is 14.2 Å². The number of carboxylic acid groups (broad SMARTS) is 1. The van der Waals surface area contributed by atoms with E-state index in [0.717, 1.165) is 11.3 Å². The number of hydrogen-bond acceptors (Lipinski definition) is 5. The van der Waals surface area contributed by atoms with E-state index in [1.165, 1.54) is 13.3 Å². The molecule has 2 aromatic rings. The highest BCUT2D eigenvalue weighted by atomic mass is 35.5. The maximum Gasteiger partial charge on any atom is 0.347 e. The van der Waals surface area contributed by atoms with Crippen LogP contribution >= 0.6 is 22.9 Å². The van der Waals surface area contributed by atoms with Crippen molar-refractivity contribution < 1.29 is 14.6 Å². The summed E-state index contributed by atoms with van der Waals surface area (Å²) in [6.07, 6.45) is 1.49. The Morgan fingerprint density at radius 3 is 2.89 bits per heavy atom. The molecule has 0 saturated carbocycles. The summed E-state index contributed by atoms with van der Waals surface area (Å²) in [6.45, 7) is 0.149. The molecular formula is C10H10ClN3O3S. The molecule has 0 saturated heterocycles. The van der Waals surface area contributed by atoms with Gasteiger partial charge in [-0.3, -0.25) is 0 Å². The first-order chi connectivity index (χ1) is 8.54. The molecule has 6 nitrogen and oxygen atoms in total. The molecule has 2 aromatic heterocycles. The summed E-state index contributed by atoms with van der Waals surface area (Å²) in [5.74, 6) is -0.485. The van der Waals surface area contributed by atoms with Crippen LogP contribution in [0, 0.1) is 0 Å². The van der Waals surface area contributed by atoms with Gasteiger partial charge in [-0.2, -0.15) is 0 Å². The number of halogens is 1. The minimum Gasteiger partial charge on any atom is -0.477 e. The number of hydrogen-bond donors (Lipinski definition) is 1. The fraction of sp³-hybridized carbons (Fsp3) is 0.300. The van der Waals surface area contributed by atoms with Gasteiger partial charge in [0.05, 0.1) is 18.5 Å². The van der Waals surface area contributed by atoms with Crippen molar-refractivity contribution in [2.75, 3.05) is 7.11 Å². The zero-order valence-electron chi connectivity index (χ0n) is 9.68. The normalized spacial score (nSPS) is 10.8. The molecular weight excluding hydrogens is 278 g/mol. The van der Waals surface area contributed by atoms with Crippen LogP contribution in [0.25, 0.3) is 10.8 Å². The van der Waals surface area contributed by atoms with Gasteiger partial charge < -0.3 is 14.4 Å². The second-order valence-electron chi connectivity index (χ2n) is 3.50. The van der Waals surface area contributed by atoms with E-state index in [2.05, 4.69) is 9.97 Å². The summed E-state index contributed by atoms with van der Waals surface area (Å²) < 4.78 is 6.57. The first kappa shape index (κ1) is 13.0. The van der Waals surface area contributed by atoms with Crippen molar-refractivity contribution >= 4 is 28.9 Å². The van der Waals surface area contributed by atoms with E-state index >= 15 is 0 Å². The van der Waals surface area contributed by atoms with Crippen molar-refractivity contribution in [2.45, 2.75) is 6.61 Å². The van der Waals surface area contributed by atoms with E-state index < -0.39 is 5.97 Å². The van der Waals surface area contributed by atoms with Crippen LogP contribution in [0.1, 0.15) is 15.4 Å². The maximum absolute atomic E-state index is 11.1. The quantitative estimate of drug-likeness (QED) is 0.931. The number of nitrogens with zero attached hydrogens (tertiary/aromatic N) is 3. The summed E-state index contributed by atoms with van der Waals surface area (Å²) >= 11 is 6.94. The number of carboxylic acids is 1. The van der Waals surface area contributed by atoms with Crippen molar-refractivity contribution in [1.82, 2.24) is 14.5 Å². The van der Waals surface area contributed by atoms with Gasteiger partial charge in [0.2, 0.25) is 0 Å². The lowest BCUT2D eigenvalue weighted by atomic mass is 10.4. The number of imidazole rings is 1. The molecule has 2 rings (SSSR count). The number of carbonyl (C=O) groups is 1. The Bertz CT molecular complexity index is 593. The van der Waals surface area contributed by atoms with Crippen LogP contribution in [-0.2, 0) is 18.4 Å². The Kier molecular flexibility index (Phi) is 3.65. The summed E-state index contributed by atoms with van der Waals surface area (Å²) in [4.78, 5) is 19.6. The first-order valence-electron chi connectivity index (χ1n) is 4.94. The summed E-state index contributed by atoms with van der Waals surface area (Å²) in [7, 11) is 3.23. The minimum absolute atomic E-state index is 0.149. The van der Waals surface area contributed by atoms with Gasteiger partial charge in [0.1, 0.15) is 10.0 Å². The Hall–Kier alpha value is -1.44. The molecule has 0 fully saturated rings. The Labute approximate surface area is 112 Å². The smallest absolute Gasteiger partial charge is 0.347 e. The van der Waals surface area contributed by atoms with Crippen molar-refractivity contribution in [1.29, 1.82) is 0 Å². The molecule has 96 valence electrons. The third-order valence-corrected chi connectivity index (χ3v) is 3.73. The van der Waals surface area contributed by atoms with E-state index in [9.17, 15) is 4.79 Å². The molecule has 0 aliphatic heterocycles. The van der Waals surface area contributed by atoms with E-state index in [0.29, 0.717) is 21.7 Å². The topological polar surface area (TPSA) is 77.2 Å². The number of aromatic carboxylic acids is 1. The van der Waals surface area contributed by atoms with Crippen LogP contribution in [-0.4, -0.2) is 32.7 Å². The summed E-state index contributed by atoms with van der Waals surface area (Å²) in [5, 5.41) is 10.1. The lowest BCUT2D eigenvalue weighted by Gasteiger charge is -1.97. The molecule has 0 atom stereocenters. The zero-order valence-corrected chi connectivity index (χ0v) is 11.2. The van der Waals surface area contributed by atoms with Crippen molar-refractivity contribution in [3.05, 3.63) is 21.9 Å². The lowest BCUT2D eigenvalue weighted by molar-refractivity contribution is 0.0697. The number of thiazole rings is 1. The van der Waals surface area contributed by atoms with Crippen molar-refractivity contribution in [3.63, 3.8) is 0 Å². The molecule has 1 N–H and O–H groups in total. The molecule has 0 aliphatic carbocycles. The summed E-state index contributed by atoms with van der Waals surface area (Å²) in [6, 6.07) is 0. The Morgan fingerprint density at radius 1 is 1.67 bits per heavy atom. The number of aromatic nitrogens is 3. The van der Waals surface area contributed by atoms with Crippen LogP contribution in [0.2, 0.25) is 5.15 Å². The number of ether oxygens (including phenoxy) is 1. The fourth-order valence-electron chi connectivity index (χ4n) is 1.44. The van der Waals surface area contributed by atoms with Gasteiger partial charge in [-0.1, -0.05) is 11.6 Å². The Balaban J connectivity index is 2.49. The average molecular weight is 288 g/mol. The number of methoxy groups -OCH3 is 1. The second kappa shape index (κ2) is 5.05. The van der Waals surface area contributed by atoms with Crippen molar-refractivity contribution in [3.8, 4) is 10.8 Å². The number of rotatable bonds is 4. The van der Waals surface area contributed by atoms with Crippen LogP contribution < -0.4 is 0 Å². The minimum atomic E-state index is -1.02. The monoisotopic (exact) mass is 287 g/mol. The van der Waals surface area contributed by atoms with E-state index in [1.807, 2.05) is 0 Å². The van der Waals surface area contributed by atoms with E-state index in [1.54, 1.807) is 11.6 Å². The van der Waals surface area contributed by atoms with Crippen LogP contribution in [0.3, 0.4) is 0 Å². The second-order valence-corrected chi connectivity index (χ2v) is 4.88. The van der Waals surface area contributed by atoms with Gasteiger partial charge in [-0.25, -0.2) is 14.8 Å². The van der Waals surface area contributed by atoms with Gasteiger partial charge in [0.15, 0.2) is 10.8 Å². The predicted octanol–water partition coefficient (Wildman–Crippen LogP) is 2.04. The van der Waals surface area contributed by atoms with E-state index in [4.69, 9.17) is 21.4 Å².